The Balaban J connectivity index is 1.66. The molecular formula is C24H33N3O2. The minimum Gasteiger partial charge on any atom is -0.393 e. The SMILES string of the molecule is CC(=C1C[C@@H]2[C@@H](CC[C@]3(C)C(O)CC[C@@H]23)[C@@]2(C)C=CC(=O)N(C)C12)c1ncc[nH]1. The fraction of sp³-hybridized carbons (Fsp3) is 0.667. The van der Waals surface area contributed by atoms with Gasteiger partial charge < -0.3 is 15.0 Å². The van der Waals surface area contributed by atoms with Crippen LogP contribution in [0.25, 0.3) is 5.57 Å². The number of imidazole rings is 1. The standard InChI is InChI=1S/C24H33N3O2/c1-14(22-25-11-12-26-22)15-13-16-17-5-6-19(28)23(17,2)9-7-18(16)24(3)10-8-20(29)27(4)21(15)24/h8,10-12,16-19,21,28H,5-7,9,13H2,1-4H3,(H,25,26)/t16-,17-,18+,19?,21?,23-,24+/m0/s1. The number of rotatable bonds is 1. The highest BCUT2D eigenvalue weighted by Gasteiger charge is 2.61. The van der Waals surface area contributed by atoms with E-state index in [-0.39, 0.29) is 28.9 Å². The third-order valence-corrected chi connectivity index (χ3v) is 9.22. The minimum absolute atomic E-state index is 0.0359. The Morgan fingerprint density at radius 3 is 2.79 bits per heavy atom. The lowest BCUT2D eigenvalue weighted by molar-refractivity contribution is -0.135. The number of aliphatic hydroxyl groups is 1. The molecule has 0 bridgehead atoms. The number of allylic oxidation sites excluding steroid dienone is 1. The zero-order valence-electron chi connectivity index (χ0n) is 18.0. The zero-order chi connectivity index (χ0) is 20.6. The molecule has 7 atom stereocenters. The first-order valence-electron chi connectivity index (χ1n) is 11.1. The molecule has 4 aliphatic rings. The molecule has 1 aliphatic heterocycles. The van der Waals surface area contributed by atoms with Crippen molar-refractivity contribution in [1.82, 2.24) is 14.9 Å². The maximum atomic E-state index is 12.6. The number of likely N-dealkylation sites (N-methyl/N-ethyl adjacent to an activating group) is 1. The molecule has 29 heavy (non-hydrogen) atoms. The number of aromatic nitrogens is 2. The summed E-state index contributed by atoms with van der Waals surface area (Å²) in [5, 5.41) is 10.8. The summed E-state index contributed by atoms with van der Waals surface area (Å²) >= 11 is 0. The number of amides is 1. The van der Waals surface area contributed by atoms with Crippen LogP contribution in [0.4, 0.5) is 0 Å². The monoisotopic (exact) mass is 395 g/mol. The molecule has 0 radical (unpaired) electrons. The fourth-order valence-corrected chi connectivity index (χ4v) is 7.60. The Morgan fingerprint density at radius 2 is 2.07 bits per heavy atom. The number of aromatic amines is 1. The number of nitrogens with one attached hydrogen (secondary N) is 1. The molecule has 5 rings (SSSR count). The summed E-state index contributed by atoms with van der Waals surface area (Å²) in [7, 11) is 1.96. The van der Waals surface area contributed by atoms with Crippen LogP contribution in [0.2, 0.25) is 0 Å². The van der Waals surface area contributed by atoms with Crippen molar-refractivity contribution in [1.29, 1.82) is 0 Å². The first-order chi connectivity index (χ1) is 13.8. The molecule has 0 aromatic carbocycles. The predicted octanol–water partition coefficient (Wildman–Crippen LogP) is 3.79. The summed E-state index contributed by atoms with van der Waals surface area (Å²) in [4.78, 5) is 22.4. The van der Waals surface area contributed by atoms with Gasteiger partial charge in [0, 0.05) is 24.9 Å². The summed E-state index contributed by atoms with van der Waals surface area (Å²) in [5.41, 5.74) is 2.47. The Labute approximate surface area is 173 Å². The topological polar surface area (TPSA) is 69.2 Å². The first-order valence-corrected chi connectivity index (χ1v) is 11.1. The van der Waals surface area contributed by atoms with E-state index < -0.39 is 0 Å². The van der Waals surface area contributed by atoms with Crippen molar-refractivity contribution in [3.8, 4) is 0 Å². The molecule has 3 fully saturated rings. The van der Waals surface area contributed by atoms with Gasteiger partial charge in [0.05, 0.1) is 12.1 Å². The second kappa shape index (κ2) is 6.31. The highest BCUT2D eigenvalue weighted by Crippen LogP contribution is 2.65. The smallest absolute Gasteiger partial charge is 0.246 e. The second-order valence-electron chi connectivity index (χ2n) is 10.4. The fourth-order valence-electron chi connectivity index (χ4n) is 7.60. The average Bonchev–Trinajstić information content (AvgIpc) is 3.33. The van der Waals surface area contributed by atoms with E-state index in [0.29, 0.717) is 17.8 Å². The van der Waals surface area contributed by atoms with E-state index in [9.17, 15) is 9.90 Å². The van der Waals surface area contributed by atoms with E-state index in [2.05, 4.69) is 36.8 Å². The summed E-state index contributed by atoms with van der Waals surface area (Å²) in [5.74, 6) is 2.62. The maximum absolute atomic E-state index is 12.6. The molecule has 5 nitrogen and oxygen atoms in total. The normalized spacial score (nSPS) is 45.6. The van der Waals surface area contributed by atoms with Crippen LogP contribution in [0.1, 0.15) is 58.7 Å². The van der Waals surface area contributed by atoms with Gasteiger partial charge in [0.15, 0.2) is 0 Å². The zero-order valence-corrected chi connectivity index (χ0v) is 18.0. The number of nitrogens with zero attached hydrogens (tertiary/aromatic N) is 2. The number of hydrogen-bond acceptors (Lipinski definition) is 3. The van der Waals surface area contributed by atoms with Crippen molar-refractivity contribution in [2.75, 3.05) is 7.05 Å². The first kappa shape index (κ1) is 19.1. The van der Waals surface area contributed by atoms with Gasteiger partial charge in [-0.05, 0) is 79.4 Å². The van der Waals surface area contributed by atoms with Crippen molar-refractivity contribution >= 4 is 11.5 Å². The third kappa shape index (κ3) is 2.49. The average molecular weight is 396 g/mol. The van der Waals surface area contributed by atoms with Crippen molar-refractivity contribution in [2.24, 2.45) is 28.6 Å². The number of fused-ring (bicyclic) bond motifs is 5. The summed E-state index contributed by atoms with van der Waals surface area (Å²) in [6, 6.07) is 0.0713. The van der Waals surface area contributed by atoms with Gasteiger partial charge in [-0.1, -0.05) is 19.9 Å². The van der Waals surface area contributed by atoms with E-state index in [1.807, 2.05) is 18.1 Å². The van der Waals surface area contributed by atoms with Gasteiger partial charge in [-0.2, -0.15) is 0 Å². The van der Waals surface area contributed by atoms with Gasteiger partial charge in [-0.3, -0.25) is 4.79 Å². The van der Waals surface area contributed by atoms with E-state index in [1.54, 1.807) is 12.3 Å². The minimum atomic E-state index is -0.177. The van der Waals surface area contributed by atoms with Crippen molar-refractivity contribution in [3.05, 3.63) is 35.9 Å². The molecule has 5 heteroatoms. The van der Waals surface area contributed by atoms with E-state index in [0.717, 1.165) is 37.9 Å². The predicted molar refractivity (Wildman–Crippen MR) is 113 cm³/mol. The summed E-state index contributed by atoms with van der Waals surface area (Å²) < 4.78 is 0. The third-order valence-electron chi connectivity index (χ3n) is 9.22. The van der Waals surface area contributed by atoms with E-state index in [4.69, 9.17) is 0 Å². The Morgan fingerprint density at radius 1 is 1.28 bits per heavy atom. The van der Waals surface area contributed by atoms with Crippen LogP contribution in [-0.4, -0.2) is 45.1 Å². The highest BCUT2D eigenvalue weighted by atomic mass is 16.3. The quantitative estimate of drug-likeness (QED) is 0.760. The van der Waals surface area contributed by atoms with Gasteiger partial charge in [0.25, 0.3) is 0 Å². The molecule has 3 aliphatic carbocycles. The molecule has 0 spiro atoms. The Hall–Kier alpha value is -1.88. The van der Waals surface area contributed by atoms with Crippen molar-refractivity contribution < 1.29 is 9.90 Å². The van der Waals surface area contributed by atoms with Gasteiger partial charge in [0.1, 0.15) is 5.82 Å². The molecule has 2 N–H and O–H groups in total. The number of carbonyl (C=O) groups excluding carboxylic acids is 1. The number of carbonyl (C=O) groups is 1. The molecule has 1 aromatic heterocycles. The lowest BCUT2D eigenvalue weighted by atomic mass is 9.47. The highest BCUT2D eigenvalue weighted by molar-refractivity contribution is 5.90. The molecular weight excluding hydrogens is 362 g/mol. The van der Waals surface area contributed by atoms with Gasteiger partial charge >= 0.3 is 0 Å². The molecule has 1 amide bonds. The molecule has 2 heterocycles. The molecule has 156 valence electrons. The van der Waals surface area contributed by atoms with Crippen LogP contribution >= 0.6 is 0 Å². The van der Waals surface area contributed by atoms with Crippen molar-refractivity contribution in [2.45, 2.75) is 65.0 Å². The van der Waals surface area contributed by atoms with Crippen LogP contribution in [0, 0.1) is 28.6 Å². The molecule has 3 saturated carbocycles. The van der Waals surface area contributed by atoms with Crippen LogP contribution in [0.15, 0.2) is 30.1 Å². The number of aliphatic hydroxyl groups excluding tert-OH is 1. The number of H-pyrrole nitrogens is 1. The van der Waals surface area contributed by atoms with Gasteiger partial charge in [0.2, 0.25) is 5.91 Å². The Kier molecular flexibility index (Phi) is 4.16. The van der Waals surface area contributed by atoms with Crippen LogP contribution < -0.4 is 0 Å². The van der Waals surface area contributed by atoms with Crippen LogP contribution in [0.3, 0.4) is 0 Å². The lowest BCUT2D eigenvalue weighted by Gasteiger charge is -2.61. The lowest BCUT2D eigenvalue weighted by Crippen LogP contribution is -2.60. The van der Waals surface area contributed by atoms with Crippen LogP contribution in [-0.2, 0) is 4.79 Å². The maximum Gasteiger partial charge on any atom is 0.246 e. The van der Waals surface area contributed by atoms with Gasteiger partial charge in [-0.15, -0.1) is 0 Å². The second-order valence-corrected chi connectivity index (χ2v) is 10.4. The molecule has 0 saturated heterocycles. The van der Waals surface area contributed by atoms with E-state index >= 15 is 0 Å². The summed E-state index contributed by atoms with van der Waals surface area (Å²) in [6.45, 7) is 6.82. The Bertz CT molecular complexity index is 888. The largest absolute Gasteiger partial charge is 0.393 e. The van der Waals surface area contributed by atoms with E-state index in [1.165, 1.54) is 11.1 Å². The van der Waals surface area contributed by atoms with Crippen molar-refractivity contribution in [3.63, 3.8) is 0 Å². The molecule has 1 aromatic rings. The van der Waals surface area contributed by atoms with Crippen LogP contribution in [0.5, 0.6) is 0 Å². The summed E-state index contributed by atoms with van der Waals surface area (Å²) in [6.07, 6.45) is 12.7. The van der Waals surface area contributed by atoms with Gasteiger partial charge in [-0.25, -0.2) is 4.98 Å². The number of hydrogen-bond donors (Lipinski definition) is 2. The molecule has 2 unspecified atom stereocenters.